The monoisotopic (exact) mass is 317 g/mol. The lowest BCUT2D eigenvalue weighted by Gasteiger charge is -2.21. The summed E-state index contributed by atoms with van der Waals surface area (Å²) in [5.74, 6) is 0.203. The van der Waals surface area contributed by atoms with Crippen molar-refractivity contribution in [2.45, 2.75) is 13.8 Å². The second kappa shape index (κ2) is 7.71. The minimum atomic E-state index is 0.203. The number of rotatable bonds is 6. The van der Waals surface area contributed by atoms with E-state index >= 15 is 0 Å². The van der Waals surface area contributed by atoms with Crippen LogP contribution >= 0.6 is 11.6 Å². The normalized spacial score (nSPS) is 10.9. The van der Waals surface area contributed by atoms with Crippen LogP contribution in [-0.2, 0) is 0 Å². The molecule has 0 aromatic heterocycles. The number of nitrogens with zero attached hydrogens (tertiary/aromatic N) is 2. The molecule has 2 aromatic rings. The Morgan fingerprint density at radius 1 is 1.18 bits per heavy atom. The van der Waals surface area contributed by atoms with Crippen LogP contribution in [0.25, 0.3) is 0 Å². The second-order valence-electron chi connectivity index (χ2n) is 4.77. The van der Waals surface area contributed by atoms with E-state index in [0.717, 1.165) is 24.5 Å². The predicted molar refractivity (Wildman–Crippen MR) is 94.3 cm³/mol. The van der Waals surface area contributed by atoms with Crippen LogP contribution < -0.4 is 10.3 Å². The van der Waals surface area contributed by atoms with Crippen LogP contribution in [0, 0.1) is 0 Å². The molecule has 0 aliphatic heterocycles. The van der Waals surface area contributed by atoms with E-state index in [1.54, 1.807) is 18.3 Å². The molecule has 0 radical (unpaired) electrons. The van der Waals surface area contributed by atoms with Gasteiger partial charge in [-0.3, -0.25) is 5.43 Å². The van der Waals surface area contributed by atoms with E-state index in [1.807, 2.05) is 30.3 Å². The van der Waals surface area contributed by atoms with Gasteiger partial charge in [0.25, 0.3) is 0 Å². The van der Waals surface area contributed by atoms with Crippen LogP contribution in [0.3, 0.4) is 0 Å². The first-order valence-electron chi connectivity index (χ1n) is 7.27. The highest BCUT2D eigenvalue weighted by atomic mass is 35.5. The minimum Gasteiger partial charge on any atom is -0.507 e. The molecule has 0 unspecified atom stereocenters. The zero-order valence-electron chi connectivity index (χ0n) is 12.8. The molecule has 0 atom stereocenters. The van der Waals surface area contributed by atoms with Gasteiger partial charge in [-0.1, -0.05) is 23.7 Å². The van der Waals surface area contributed by atoms with Crippen molar-refractivity contribution in [2.75, 3.05) is 23.4 Å². The van der Waals surface area contributed by atoms with E-state index in [0.29, 0.717) is 10.6 Å². The quantitative estimate of drug-likeness (QED) is 0.615. The first-order chi connectivity index (χ1) is 10.7. The number of benzene rings is 2. The van der Waals surface area contributed by atoms with Gasteiger partial charge in [0, 0.05) is 30.4 Å². The Balaban J connectivity index is 2.10. The van der Waals surface area contributed by atoms with E-state index in [4.69, 9.17) is 11.6 Å². The van der Waals surface area contributed by atoms with Crippen LogP contribution in [0.1, 0.15) is 19.4 Å². The average Bonchev–Trinajstić information content (AvgIpc) is 2.52. The van der Waals surface area contributed by atoms with Gasteiger partial charge in [-0.15, -0.1) is 0 Å². The Morgan fingerprint density at radius 3 is 2.55 bits per heavy atom. The molecular formula is C17H20ClN3O. The molecule has 5 heteroatoms. The van der Waals surface area contributed by atoms with E-state index in [9.17, 15) is 5.11 Å². The molecule has 0 saturated carbocycles. The van der Waals surface area contributed by atoms with Crippen molar-refractivity contribution in [1.82, 2.24) is 0 Å². The highest BCUT2D eigenvalue weighted by Crippen LogP contribution is 2.24. The summed E-state index contributed by atoms with van der Waals surface area (Å²) in [7, 11) is 0. The molecule has 0 spiro atoms. The number of hydrazone groups is 1. The summed E-state index contributed by atoms with van der Waals surface area (Å²) in [5.41, 5.74) is 5.23. The van der Waals surface area contributed by atoms with Gasteiger partial charge >= 0.3 is 0 Å². The van der Waals surface area contributed by atoms with Crippen LogP contribution in [0.15, 0.2) is 47.6 Å². The maximum Gasteiger partial charge on any atom is 0.126 e. The number of hydrogen-bond donors (Lipinski definition) is 2. The minimum absolute atomic E-state index is 0.203. The smallest absolute Gasteiger partial charge is 0.126 e. The summed E-state index contributed by atoms with van der Waals surface area (Å²) < 4.78 is 0. The first kappa shape index (κ1) is 16.2. The molecule has 0 bridgehead atoms. The first-order valence-corrected chi connectivity index (χ1v) is 7.65. The largest absolute Gasteiger partial charge is 0.507 e. The second-order valence-corrected chi connectivity index (χ2v) is 5.17. The summed E-state index contributed by atoms with van der Waals surface area (Å²) in [6.45, 7) is 5.97. The Labute approximate surface area is 136 Å². The van der Waals surface area contributed by atoms with Crippen molar-refractivity contribution < 1.29 is 5.11 Å². The molecule has 116 valence electrons. The molecule has 0 saturated heterocycles. The average molecular weight is 318 g/mol. The Bertz CT molecular complexity index is 654. The summed E-state index contributed by atoms with van der Waals surface area (Å²) in [5, 5.41) is 14.8. The zero-order valence-corrected chi connectivity index (χ0v) is 13.5. The third kappa shape index (κ3) is 3.92. The maximum absolute atomic E-state index is 10.1. The molecule has 2 rings (SSSR count). The third-order valence-corrected chi connectivity index (χ3v) is 3.73. The number of nitrogens with one attached hydrogen (secondary N) is 1. The van der Waals surface area contributed by atoms with Crippen molar-refractivity contribution in [3.05, 3.63) is 53.1 Å². The third-order valence-electron chi connectivity index (χ3n) is 3.41. The zero-order chi connectivity index (χ0) is 15.9. The molecule has 0 aliphatic carbocycles. The molecule has 0 fully saturated rings. The number of halogens is 1. The number of para-hydroxylation sites is 1. The van der Waals surface area contributed by atoms with E-state index in [-0.39, 0.29) is 5.75 Å². The van der Waals surface area contributed by atoms with Crippen molar-refractivity contribution in [3.8, 4) is 5.75 Å². The molecule has 2 aromatic carbocycles. The van der Waals surface area contributed by atoms with Gasteiger partial charge in [0.05, 0.1) is 16.9 Å². The number of aromatic hydroxyl groups is 1. The summed E-state index contributed by atoms with van der Waals surface area (Å²) >= 11 is 6.03. The topological polar surface area (TPSA) is 47.9 Å². The molecule has 0 heterocycles. The number of phenolic OH excluding ortho intramolecular Hbond substituents is 1. The lowest BCUT2D eigenvalue weighted by Crippen LogP contribution is -2.21. The van der Waals surface area contributed by atoms with Crippen LogP contribution in [0.2, 0.25) is 5.02 Å². The lowest BCUT2D eigenvalue weighted by molar-refractivity contribution is 0.474. The van der Waals surface area contributed by atoms with Crippen molar-refractivity contribution in [3.63, 3.8) is 0 Å². The van der Waals surface area contributed by atoms with Gasteiger partial charge in [-0.25, -0.2) is 0 Å². The number of hydrogen-bond acceptors (Lipinski definition) is 4. The van der Waals surface area contributed by atoms with Gasteiger partial charge in [0.1, 0.15) is 5.75 Å². The van der Waals surface area contributed by atoms with Crippen molar-refractivity contribution in [2.24, 2.45) is 5.10 Å². The molecule has 0 amide bonds. The maximum atomic E-state index is 10.1. The van der Waals surface area contributed by atoms with Gasteiger partial charge in [-0.2, -0.15) is 5.10 Å². The Hall–Kier alpha value is -2.20. The van der Waals surface area contributed by atoms with E-state index in [2.05, 4.69) is 29.3 Å². The predicted octanol–water partition coefficient (Wildman–Crippen LogP) is 4.34. The van der Waals surface area contributed by atoms with E-state index < -0.39 is 0 Å². The van der Waals surface area contributed by atoms with Crippen LogP contribution in [0.4, 0.5) is 11.4 Å². The highest BCUT2D eigenvalue weighted by Gasteiger charge is 2.05. The van der Waals surface area contributed by atoms with Crippen LogP contribution in [0.5, 0.6) is 5.75 Å². The van der Waals surface area contributed by atoms with Crippen LogP contribution in [-0.4, -0.2) is 24.4 Å². The Morgan fingerprint density at radius 2 is 1.91 bits per heavy atom. The van der Waals surface area contributed by atoms with Crippen molar-refractivity contribution in [1.29, 1.82) is 0 Å². The molecular weight excluding hydrogens is 298 g/mol. The van der Waals surface area contributed by atoms with Gasteiger partial charge in [0.15, 0.2) is 0 Å². The fraction of sp³-hybridized carbons (Fsp3) is 0.235. The molecule has 22 heavy (non-hydrogen) atoms. The fourth-order valence-corrected chi connectivity index (χ4v) is 2.33. The lowest BCUT2D eigenvalue weighted by atomic mass is 10.2. The van der Waals surface area contributed by atoms with Crippen molar-refractivity contribution >= 4 is 29.2 Å². The SMILES string of the molecule is CCN(CC)c1ccc(/C=N/Nc2ccccc2Cl)c(O)c1. The molecule has 0 aliphatic rings. The molecule has 2 N–H and O–H groups in total. The van der Waals surface area contributed by atoms with Gasteiger partial charge in [0.2, 0.25) is 0 Å². The fourth-order valence-electron chi connectivity index (χ4n) is 2.15. The summed E-state index contributed by atoms with van der Waals surface area (Å²) in [4.78, 5) is 2.17. The van der Waals surface area contributed by atoms with E-state index in [1.165, 1.54) is 0 Å². The number of anilines is 2. The van der Waals surface area contributed by atoms with Gasteiger partial charge < -0.3 is 10.0 Å². The summed E-state index contributed by atoms with van der Waals surface area (Å²) in [6.07, 6.45) is 1.57. The highest BCUT2D eigenvalue weighted by molar-refractivity contribution is 6.33. The Kier molecular flexibility index (Phi) is 5.67. The standard InChI is InChI=1S/C17H20ClN3O/c1-3-21(4-2)14-10-9-13(17(22)11-14)12-19-20-16-8-6-5-7-15(16)18/h5-12,20,22H,3-4H2,1-2H3/b19-12+. The number of phenols is 1. The van der Waals surface area contributed by atoms with Gasteiger partial charge in [-0.05, 0) is 38.1 Å². The molecule has 4 nitrogen and oxygen atoms in total. The summed E-state index contributed by atoms with van der Waals surface area (Å²) in [6, 6.07) is 12.9.